The number of nitrogens with zero attached hydrogens (tertiary/aromatic N) is 4. The standard InChI is InChI=1S/C54H54N6O5Si/c1-53(2,3)66(43-27-17-9-18-28-43,44-29-19-10-20-30-44)65-47-45(35-58-54(39-23-13-7-14-24-39,40-25-15-8-16-26-40)41-31-33-42(62-4)34-32-41)64-52(48(47)63-5)60-37-57-46-49(55-36-56-50(46)60)59-51(61)38-21-11-6-12-22-38/h6-34,36-37,45,47-48,52,58H,35H2,1-5H3,(H,55,56,59,61)/t45-,47-,48-,52-/m1/s1. The Balaban J connectivity index is 1.19. The summed E-state index contributed by atoms with van der Waals surface area (Å²) in [5, 5.41) is 8.97. The summed E-state index contributed by atoms with van der Waals surface area (Å²) in [7, 11) is 0.162. The summed E-state index contributed by atoms with van der Waals surface area (Å²) < 4.78 is 29.5. The number of hydrogen-bond donors (Lipinski definition) is 2. The van der Waals surface area contributed by atoms with Crippen LogP contribution in [0.25, 0.3) is 11.2 Å². The highest BCUT2D eigenvalue weighted by Crippen LogP contribution is 2.44. The Hall–Kier alpha value is -6.80. The zero-order valence-electron chi connectivity index (χ0n) is 37.7. The van der Waals surface area contributed by atoms with Gasteiger partial charge in [0.15, 0.2) is 23.2 Å². The summed E-state index contributed by atoms with van der Waals surface area (Å²) in [4.78, 5) is 27.3. The number of imidazole rings is 1. The van der Waals surface area contributed by atoms with Gasteiger partial charge in [0, 0.05) is 19.2 Å². The third-order valence-electron chi connectivity index (χ3n) is 12.7. The molecule has 0 aliphatic carbocycles. The lowest BCUT2D eigenvalue weighted by molar-refractivity contribution is -0.0491. The van der Waals surface area contributed by atoms with Crippen molar-refractivity contribution in [1.29, 1.82) is 0 Å². The van der Waals surface area contributed by atoms with E-state index in [2.05, 4.69) is 146 Å². The quantitative estimate of drug-likeness (QED) is 0.0771. The molecule has 0 bridgehead atoms. The van der Waals surface area contributed by atoms with E-state index in [0.717, 1.165) is 32.8 Å². The average Bonchev–Trinajstić information content (AvgIpc) is 3.96. The predicted molar refractivity (Wildman–Crippen MR) is 261 cm³/mol. The SMILES string of the molecule is COc1ccc(C(NC[C@H]2O[C@@H](n3cnc4c(NC(=O)c5ccccc5)ncnc43)[C@H](OC)[C@@H]2O[Si](c2ccccc2)(c2ccccc2)C(C)(C)C)(c2ccccc2)c2ccccc2)cc1. The fourth-order valence-electron chi connectivity index (χ4n) is 9.56. The van der Waals surface area contributed by atoms with E-state index in [-0.39, 0.29) is 16.8 Å². The molecule has 0 radical (unpaired) electrons. The number of ether oxygens (including phenoxy) is 3. The van der Waals surface area contributed by atoms with Gasteiger partial charge in [-0.1, -0.05) is 172 Å². The van der Waals surface area contributed by atoms with E-state index < -0.39 is 38.4 Å². The molecule has 1 fully saturated rings. The van der Waals surface area contributed by atoms with Crippen LogP contribution in [0.15, 0.2) is 189 Å². The first-order valence-electron chi connectivity index (χ1n) is 22.2. The molecule has 0 saturated carbocycles. The number of anilines is 1. The molecular formula is C54H54N6O5Si. The first kappa shape index (κ1) is 44.4. The van der Waals surface area contributed by atoms with Crippen LogP contribution in [0.2, 0.25) is 5.04 Å². The number of aromatic nitrogens is 4. The Kier molecular flexibility index (Phi) is 12.8. The summed E-state index contributed by atoms with van der Waals surface area (Å²) in [5.41, 5.74) is 3.65. The van der Waals surface area contributed by atoms with Crippen molar-refractivity contribution in [2.45, 2.75) is 55.9 Å². The van der Waals surface area contributed by atoms with Crippen LogP contribution in [0, 0.1) is 0 Å². The maximum Gasteiger partial charge on any atom is 0.261 e. The third kappa shape index (κ3) is 8.22. The summed E-state index contributed by atoms with van der Waals surface area (Å²) in [5.74, 6) is 0.739. The minimum Gasteiger partial charge on any atom is -0.497 e. The molecule has 11 nitrogen and oxygen atoms in total. The number of nitrogens with one attached hydrogen (secondary N) is 2. The van der Waals surface area contributed by atoms with Gasteiger partial charge < -0.3 is 24.0 Å². The van der Waals surface area contributed by atoms with Crippen LogP contribution < -0.4 is 25.7 Å². The number of hydrogen-bond acceptors (Lipinski definition) is 9. The van der Waals surface area contributed by atoms with Crippen LogP contribution in [0.4, 0.5) is 5.82 Å². The fourth-order valence-corrected chi connectivity index (χ4v) is 14.3. The second-order valence-electron chi connectivity index (χ2n) is 17.5. The molecule has 1 aliphatic heterocycles. The molecule has 1 aliphatic rings. The number of benzene rings is 6. The van der Waals surface area contributed by atoms with Crippen molar-refractivity contribution in [3.8, 4) is 5.75 Å². The van der Waals surface area contributed by atoms with E-state index in [1.54, 1.807) is 32.7 Å². The van der Waals surface area contributed by atoms with Gasteiger partial charge in [-0.3, -0.25) is 14.7 Å². The lowest BCUT2D eigenvalue weighted by atomic mass is 9.76. The van der Waals surface area contributed by atoms with Crippen LogP contribution in [0.5, 0.6) is 5.75 Å². The van der Waals surface area contributed by atoms with Crippen LogP contribution in [-0.2, 0) is 19.4 Å². The Labute approximate surface area is 386 Å². The maximum absolute atomic E-state index is 13.4. The molecule has 6 aromatic carbocycles. The highest BCUT2D eigenvalue weighted by Gasteiger charge is 2.57. The van der Waals surface area contributed by atoms with Gasteiger partial charge in [-0.25, -0.2) is 15.0 Å². The topological polar surface area (TPSA) is 122 Å². The van der Waals surface area contributed by atoms with Gasteiger partial charge in [-0.05, 0) is 56.4 Å². The Morgan fingerprint density at radius 1 is 0.667 bits per heavy atom. The van der Waals surface area contributed by atoms with E-state index in [0.29, 0.717) is 23.3 Å². The van der Waals surface area contributed by atoms with Crippen LogP contribution in [-0.4, -0.2) is 72.8 Å². The van der Waals surface area contributed by atoms with Crippen LogP contribution in [0.1, 0.15) is 54.0 Å². The maximum atomic E-state index is 13.4. The number of rotatable bonds is 15. The highest BCUT2D eigenvalue weighted by atomic mass is 28.4. The van der Waals surface area contributed by atoms with Gasteiger partial charge in [-0.15, -0.1) is 0 Å². The summed E-state index contributed by atoms with van der Waals surface area (Å²) in [6.45, 7) is 7.14. The number of fused-ring (bicyclic) bond motifs is 1. The van der Waals surface area contributed by atoms with E-state index in [1.807, 2.05) is 59.2 Å². The third-order valence-corrected chi connectivity index (χ3v) is 17.7. The average molecular weight is 895 g/mol. The lowest BCUT2D eigenvalue weighted by Gasteiger charge is -2.46. The minimum absolute atomic E-state index is 0.285. The van der Waals surface area contributed by atoms with Crippen LogP contribution in [0.3, 0.4) is 0 Å². The Bertz CT molecular complexity index is 2770. The molecule has 1 saturated heterocycles. The molecule has 2 aromatic heterocycles. The van der Waals surface area contributed by atoms with Crippen molar-refractivity contribution in [3.05, 3.63) is 211 Å². The zero-order valence-corrected chi connectivity index (χ0v) is 38.7. The molecule has 334 valence electrons. The lowest BCUT2D eigenvalue weighted by Crippen LogP contribution is -2.69. The summed E-state index contributed by atoms with van der Waals surface area (Å²) in [6, 6.07) is 59.4. The van der Waals surface area contributed by atoms with Crippen molar-refractivity contribution in [2.75, 3.05) is 26.1 Å². The van der Waals surface area contributed by atoms with E-state index in [4.69, 9.17) is 28.6 Å². The van der Waals surface area contributed by atoms with Gasteiger partial charge >= 0.3 is 0 Å². The Morgan fingerprint density at radius 3 is 1.73 bits per heavy atom. The van der Waals surface area contributed by atoms with Gasteiger partial charge in [0.25, 0.3) is 14.2 Å². The first-order chi connectivity index (χ1) is 32.2. The van der Waals surface area contributed by atoms with Gasteiger partial charge in [-0.2, -0.15) is 0 Å². The molecule has 0 spiro atoms. The largest absolute Gasteiger partial charge is 0.497 e. The van der Waals surface area contributed by atoms with E-state index in [9.17, 15) is 4.79 Å². The zero-order chi connectivity index (χ0) is 45.7. The highest BCUT2D eigenvalue weighted by molar-refractivity contribution is 6.99. The number of amides is 1. The van der Waals surface area contributed by atoms with Crippen LogP contribution >= 0.6 is 0 Å². The molecule has 1 amide bonds. The molecule has 0 unspecified atom stereocenters. The molecular weight excluding hydrogens is 841 g/mol. The minimum atomic E-state index is -3.22. The molecule has 9 rings (SSSR count). The molecule has 8 aromatic rings. The normalized spacial score (nSPS) is 17.7. The summed E-state index contributed by atoms with van der Waals surface area (Å²) >= 11 is 0. The van der Waals surface area contributed by atoms with Crippen molar-refractivity contribution < 1.29 is 23.4 Å². The first-order valence-corrected chi connectivity index (χ1v) is 24.1. The van der Waals surface area contributed by atoms with E-state index in [1.165, 1.54) is 6.33 Å². The Morgan fingerprint density at radius 2 is 1.20 bits per heavy atom. The van der Waals surface area contributed by atoms with E-state index >= 15 is 0 Å². The smallest absolute Gasteiger partial charge is 0.261 e. The van der Waals surface area contributed by atoms with Crippen molar-refractivity contribution in [1.82, 2.24) is 24.8 Å². The molecule has 66 heavy (non-hydrogen) atoms. The summed E-state index contributed by atoms with van der Waals surface area (Å²) in [6.07, 6.45) is 0.470. The second kappa shape index (κ2) is 19.0. The number of carbonyl (C=O) groups is 1. The van der Waals surface area contributed by atoms with Crippen molar-refractivity contribution in [2.24, 2.45) is 0 Å². The van der Waals surface area contributed by atoms with Gasteiger partial charge in [0.05, 0.1) is 19.0 Å². The number of carbonyl (C=O) groups excluding carboxylic acids is 1. The fraction of sp³-hybridized carbons (Fsp3) is 0.222. The van der Waals surface area contributed by atoms with Gasteiger partial charge in [0.2, 0.25) is 0 Å². The van der Waals surface area contributed by atoms with Crippen molar-refractivity contribution >= 4 is 41.6 Å². The molecule has 3 heterocycles. The predicted octanol–water partition coefficient (Wildman–Crippen LogP) is 8.53. The molecule has 2 N–H and O–H groups in total. The second-order valence-corrected chi connectivity index (χ2v) is 21.7. The molecule has 12 heteroatoms. The van der Waals surface area contributed by atoms with Gasteiger partial charge in [0.1, 0.15) is 30.4 Å². The number of methoxy groups -OCH3 is 2. The monoisotopic (exact) mass is 894 g/mol. The molecule has 4 atom stereocenters. The van der Waals surface area contributed by atoms with Crippen molar-refractivity contribution in [3.63, 3.8) is 0 Å².